The molecule has 0 aliphatic carbocycles. The van der Waals surface area contributed by atoms with E-state index in [-0.39, 0.29) is 29.8 Å². The van der Waals surface area contributed by atoms with Gasteiger partial charge in [0.2, 0.25) is 15.9 Å². The van der Waals surface area contributed by atoms with Gasteiger partial charge < -0.3 is 0 Å². The van der Waals surface area contributed by atoms with E-state index in [9.17, 15) is 13.2 Å². The molecule has 1 aliphatic heterocycles. The molecule has 0 saturated carbocycles. The molecule has 7 nitrogen and oxygen atoms in total. The Bertz CT molecular complexity index is 544. The first kappa shape index (κ1) is 12.2. The third-order valence-corrected chi connectivity index (χ3v) is 3.88. The maximum absolute atomic E-state index is 11.6. The molecule has 1 aromatic rings. The smallest absolute Gasteiger partial charge is 0.229 e. The van der Waals surface area contributed by atoms with Crippen molar-refractivity contribution in [1.29, 1.82) is 0 Å². The molecule has 2 N–H and O–H groups in total. The first-order chi connectivity index (χ1) is 7.88. The molecule has 17 heavy (non-hydrogen) atoms. The van der Waals surface area contributed by atoms with Crippen LogP contribution in [-0.4, -0.2) is 36.1 Å². The van der Waals surface area contributed by atoms with E-state index in [1.807, 2.05) is 0 Å². The lowest BCUT2D eigenvalue weighted by molar-refractivity contribution is -0.117. The highest BCUT2D eigenvalue weighted by Gasteiger charge is 2.37. The molecule has 92 valence electrons. The zero-order valence-electron chi connectivity index (χ0n) is 8.58. The summed E-state index contributed by atoms with van der Waals surface area (Å²) in [6.07, 6.45) is 2.46. The van der Waals surface area contributed by atoms with Crippen LogP contribution in [0.25, 0.3) is 0 Å². The Morgan fingerprint density at radius 3 is 2.59 bits per heavy atom. The average Bonchev–Trinajstić information content (AvgIpc) is 2.61. The van der Waals surface area contributed by atoms with Crippen LogP contribution < -0.4 is 10.0 Å². The molecule has 0 spiro atoms. The normalized spacial score (nSPS) is 20.9. The summed E-state index contributed by atoms with van der Waals surface area (Å²) in [4.78, 5) is 20.5. The number of rotatable bonds is 2. The van der Waals surface area contributed by atoms with E-state index in [0.717, 1.165) is 0 Å². The summed E-state index contributed by atoms with van der Waals surface area (Å²) in [7, 11) is -3.72. The number of aromatic nitrogens is 2. The Labute approximate surface area is 103 Å². The fourth-order valence-electron chi connectivity index (χ4n) is 1.56. The molecule has 1 amide bonds. The highest BCUT2D eigenvalue weighted by atomic mass is 35.5. The number of halogens is 1. The second kappa shape index (κ2) is 4.21. The van der Waals surface area contributed by atoms with Crippen molar-refractivity contribution in [2.45, 2.75) is 11.7 Å². The molecular formula is C8H9ClN4O3S. The largest absolute Gasteiger partial charge is 0.294 e. The Morgan fingerprint density at radius 2 is 2.12 bits per heavy atom. The standard InChI is InChI=1S/C8H9ClN4O3S/c9-6-2-12-7(3-11-6)13-4-5(1-8(13)14)17(10,15)16/h2-3,5H,1,4H2,(H2,10,15,16). The SMILES string of the molecule is NS(=O)(=O)C1CC(=O)N(c2cnc(Cl)cn2)C1. The molecule has 0 radical (unpaired) electrons. The van der Waals surface area contributed by atoms with Crippen molar-refractivity contribution in [1.82, 2.24) is 9.97 Å². The third-order valence-electron chi connectivity index (χ3n) is 2.44. The van der Waals surface area contributed by atoms with Crippen molar-refractivity contribution in [3.8, 4) is 0 Å². The second-order valence-corrected chi connectivity index (χ2v) is 5.85. The van der Waals surface area contributed by atoms with Gasteiger partial charge in [0.15, 0.2) is 5.82 Å². The van der Waals surface area contributed by atoms with Gasteiger partial charge in [-0.05, 0) is 0 Å². The molecule has 1 atom stereocenters. The number of primary sulfonamides is 1. The molecule has 9 heteroatoms. The summed E-state index contributed by atoms with van der Waals surface area (Å²) in [6.45, 7) is -0.00597. The van der Waals surface area contributed by atoms with E-state index < -0.39 is 15.3 Å². The zero-order valence-corrected chi connectivity index (χ0v) is 10.1. The molecule has 1 fully saturated rings. The van der Waals surface area contributed by atoms with Crippen LogP contribution in [0.3, 0.4) is 0 Å². The lowest BCUT2D eigenvalue weighted by Crippen LogP contribution is -2.32. The molecule has 1 aliphatic rings. The molecule has 2 rings (SSSR count). The van der Waals surface area contributed by atoms with Gasteiger partial charge in [-0.25, -0.2) is 23.5 Å². The van der Waals surface area contributed by atoms with E-state index in [2.05, 4.69) is 9.97 Å². The number of sulfonamides is 1. The fraction of sp³-hybridized carbons (Fsp3) is 0.375. The van der Waals surface area contributed by atoms with E-state index in [4.69, 9.17) is 16.7 Å². The average molecular weight is 277 g/mol. The Hall–Kier alpha value is -1.25. The maximum atomic E-state index is 11.6. The summed E-state index contributed by atoms with van der Waals surface area (Å²) in [6, 6.07) is 0. The van der Waals surface area contributed by atoms with Crippen molar-refractivity contribution in [2.24, 2.45) is 5.14 Å². The molecule has 1 saturated heterocycles. The van der Waals surface area contributed by atoms with Crippen molar-refractivity contribution in [3.05, 3.63) is 17.5 Å². The number of hydrogen-bond donors (Lipinski definition) is 1. The van der Waals surface area contributed by atoms with Gasteiger partial charge in [-0.1, -0.05) is 11.6 Å². The summed E-state index contributed by atoms with van der Waals surface area (Å²) in [5.74, 6) is -0.0776. The number of anilines is 1. The monoisotopic (exact) mass is 276 g/mol. The predicted molar refractivity (Wildman–Crippen MR) is 60.9 cm³/mol. The summed E-state index contributed by atoms with van der Waals surface area (Å²) >= 11 is 5.56. The highest BCUT2D eigenvalue weighted by molar-refractivity contribution is 7.89. The lowest BCUT2D eigenvalue weighted by atomic mass is 10.4. The highest BCUT2D eigenvalue weighted by Crippen LogP contribution is 2.22. The summed E-state index contributed by atoms with van der Waals surface area (Å²) in [5.41, 5.74) is 0. The maximum Gasteiger partial charge on any atom is 0.229 e. The summed E-state index contributed by atoms with van der Waals surface area (Å²) < 4.78 is 22.3. The first-order valence-corrected chi connectivity index (χ1v) is 6.66. The van der Waals surface area contributed by atoms with Crippen molar-refractivity contribution in [2.75, 3.05) is 11.4 Å². The number of hydrogen-bond acceptors (Lipinski definition) is 5. The minimum atomic E-state index is -3.72. The molecule has 2 heterocycles. The van der Waals surface area contributed by atoms with Crippen LogP contribution in [0, 0.1) is 0 Å². The number of nitrogens with two attached hydrogens (primary N) is 1. The van der Waals surface area contributed by atoms with E-state index in [0.29, 0.717) is 0 Å². The minimum absolute atomic E-state index is 0.00597. The lowest BCUT2D eigenvalue weighted by Gasteiger charge is -2.14. The van der Waals surface area contributed by atoms with E-state index >= 15 is 0 Å². The van der Waals surface area contributed by atoms with Gasteiger partial charge in [0, 0.05) is 13.0 Å². The topological polar surface area (TPSA) is 106 Å². The zero-order chi connectivity index (χ0) is 12.6. The quantitative estimate of drug-likeness (QED) is 0.785. The molecule has 1 unspecified atom stereocenters. The van der Waals surface area contributed by atoms with Gasteiger partial charge >= 0.3 is 0 Å². The number of amides is 1. The van der Waals surface area contributed by atoms with Crippen molar-refractivity contribution in [3.63, 3.8) is 0 Å². The van der Waals surface area contributed by atoms with Gasteiger partial charge in [-0.15, -0.1) is 0 Å². The number of carbonyl (C=O) groups excluding carboxylic acids is 1. The van der Waals surface area contributed by atoms with Crippen LogP contribution in [0.1, 0.15) is 6.42 Å². The van der Waals surface area contributed by atoms with Crippen LogP contribution in [0.5, 0.6) is 0 Å². The number of nitrogens with zero attached hydrogens (tertiary/aromatic N) is 3. The second-order valence-electron chi connectivity index (χ2n) is 3.62. The molecule has 0 bridgehead atoms. The van der Waals surface area contributed by atoms with Crippen LogP contribution >= 0.6 is 11.6 Å². The summed E-state index contributed by atoms with van der Waals surface area (Å²) in [5, 5.41) is 4.31. The van der Waals surface area contributed by atoms with Crippen LogP contribution in [0.15, 0.2) is 12.4 Å². The third kappa shape index (κ3) is 2.54. The first-order valence-electron chi connectivity index (χ1n) is 4.67. The Kier molecular flexibility index (Phi) is 3.02. The minimum Gasteiger partial charge on any atom is -0.294 e. The number of carbonyl (C=O) groups is 1. The van der Waals surface area contributed by atoms with Gasteiger partial charge in [0.25, 0.3) is 0 Å². The molecule has 0 aromatic carbocycles. The van der Waals surface area contributed by atoms with Gasteiger partial charge in [0.05, 0.1) is 12.4 Å². The van der Waals surface area contributed by atoms with Gasteiger partial charge in [-0.2, -0.15) is 0 Å². The van der Waals surface area contributed by atoms with E-state index in [1.165, 1.54) is 17.3 Å². The Balaban J connectivity index is 2.24. The van der Waals surface area contributed by atoms with Crippen LogP contribution in [-0.2, 0) is 14.8 Å². The van der Waals surface area contributed by atoms with Gasteiger partial charge in [-0.3, -0.25) is 9.69 Å². The predicted octanol–water partition coefficient (Wildman–Crippen LogP) is -0.476. The van der Waals surface area contributed by atoms with Crippen molar-refractivity contribution < 1.29 is 13.2 Å². The molecule has 1 aromatic heterocycles. The van der Waals surface area contributed by atoms with Crippen molar-refractivity contribution >= 4 is 33.3 Å². The van der Waals surface area contributed by atoms with Gasteiger partial charge in [0.1, 0.15) is 10.4 Å². The van der Waals surface area contributed by atoms with Crippen LogP contribution in [0.2, 0.25) is 5.15 Å². The Morgan fingerprint density at radius 1 is 1.41 bits per heavy atom. The molecular weight excluding hydrogens is 268 g/mol. The van der Waals surface area contributed by atoms with Crippen LogP contribution in [0.4, 0.5) is 5.82 Å². The van der Waals surface area contributed by atoms with E-state index in [1.54, 1.807) is 0 Å². The fourth-order valence-corrected chi connectivity index (χ4v) is 2.39.